The van der Waals surface area contributed by atoms with Crippen LogP contribution in [-0.4, -0.2) is 25.2 Å². The van der Waals surface area contributed by atoms with E-state index < -0.39 is 0 Å². The van der Waals surface area contributed by atoms with Crippen LogP contribution >= 0.6 is 0 Å². The molecule has 0 aliphatic rings. The fourth-order valence-corrected chi connectivity index (χ4v) is 1.97. The lowest BCUT2D eigenvalue weighted by Crippen LogP contribution is -2.14. The maximum absolute atomic E-state index is 12.4. The first kappa shape index (κ1) is 14.7. The van der Waals surface area contributed by atoms with Crippen LogP contribution < -0.4 is 14.8 Å². The Morgan fingerprint density at radius 1 is 1.10 bits per heavy atom. The number of hydrogen-bond acceptors (Lipinski definition) is 4. The number of amides is 1. The molecule has 110 valence electrons. The summed E-state index contributed by atoms with van der Waals surface area (Å²) in [5.41, 5.74) is 1.78. The number of aromatic hydroxyl groups is 1. The van der Waals surface area contributed by atoms with Gasteiger partial charge in [0, 0.05) is 5.69 Å². The minimum atomic E-state index is -0.306. The van der Waals surface area contributed by atoms with Gasteiger partial charge in [-0.2, -0.15) is 0 Å². The van der Waals surface area contributed by atoms with E-state index in [-0.39, 0.29) is 11.7 Å². The zero-order chi connectivity index (χ0) is 15.4. The summed E-state index contributed by atoms with van der Waals surface area (Å²) in [6.07, 6.45) is 0. The summed E-state index contributed by atoms with van der Waals surface area (Å²) in [6, 6.07) is 9.77. The number of carbonyl (C=O) groups is 1. The van der Waals surface area contributed by atoms with Crippen molar-refractivity contribution in [3.63, 3.8) is 0 Å². The topological polar surface area (TPSA) is 67.8 Å². The van der Waals surface area contributed by atoms with Gasteiger partial charge in [0.05, 0.1) is 19.8 Å². The van der Waals surface area contributed by atoms with E-state index in [0.717, 1.165) is 5.56 Å². The molecule has 0 atom stereocenters. The number of methoxy groups -OCH3 is 2. The first-order chi connectivity index (χ1) is 10.0. The quantitative estimate of drug-likeness (QED) is 0.848. The standard InChI is InChI=1S/C16H17NO4/c1-10-8-11(18)4-6-14(10)17-16(19)13-9-12(20-2)5-7-15(13)21-3/h4-9,18H,1-3H3,(H,17,19). The average molecular weight is 287 g/mol. The molecule has 0 fully saturated rings. The molecular weight excluding hydrogens is 270 g/mol. The lowest BCUT2D eigenvalue weighted by atomic mass is 10.1. The fraction of sp³-hybridized carbons (Fsp3) is 0.188. The Morgan fingerprint density at radius 2 is 1.86 bits per heavy atom. The molecule has 0 aliphatic heterocycles. The number of hydrogen-bond donors (Lipinski definition) is 2. The Labute approximate surface area is 123 Å². The van der Waals surface area contributed by atoms with Crippen LogP contribution in [0.15, 0.2) is 36.4 Å². The van der Waals surface area contributed by atoms with Crippen molar-refractivity contribution in [2.24, 2.45) is 0 Å². The molecule has 2 aromatic rings. The summed E-state index contributed by atoms with van der Waals surface area (Å²) in [5, 5.41) is 12.2. The van der Waals surface area contributed by atoms with Crippen LogP contribution in [0.4, 0.5) is 5.69 Å². The number of carbonyl (C=O) groups excluding carboxylic acids is 1. The predicted octanol–water partition coefficient (Wildman–Crippen LogP) is 2.97. The highest BCUT2D eigenvalue weighted by Crippen LogP contribution is 2.26. The molecule has 5 heteroatoms. The summed E-state index contributed by atoms with van der Waals surface area (Å²) < 4.78 is 10.3. The van der Waals surface area contributed by atoms with E-state index in [0.29, 0.717) is 22.7 Å². The third kappa shape index (κ3) is 3.25. The van der Waals surface area contributed by atoms with Crippen molar-refractivity contribution < 1.29 is 19.4 Å². The molecule has 2 aromatic carbocycles. The van der Waals surface area contributed by atoms with Crippen molar-refractivity contribution in [2.45, 2.75) is 6.92 Å². The highest BCUT2D eigenvalue weighted by Gasteiger charge is 2.14. The molecule has 0 heterocycles. The second kappa shape index (κ2) is 6.17. The number of phenolic OH excluding ortho intramolecular Hbond substituents is 1. The first-order valence-corrected chi connectivity index (χ1v) is 6.38. The van der Waals surface area contributed by atoms with Crippen molar-refractivity contribution in [2.75, 3.05) is 19.5 Å². The van der Waals surface area contributed by atoms with E-state index in [1.165, 1.54) is 20.3 Å². The van der Waals surface area contributed by atoms with Gasteiger partial charge < -0.3 is 19.9 Å². The van der Waals surface area contributed by atoms with Gasteiger partial charge >= 0.3 is 0 Å². The van der Waals surface area contributed by atoms with Crippen molar-refractivity contribution in [1.82, 2.24) is 0 Å². The molecular formula is C16H17NO4. The van der Waals surface area contributed by atoms with Crippen LogP contribution in [0.5, 0.6) is 17.2 Å². The summed E-state index contributed by atoms with van der Waals surface area (Å²) in [5.74, 6) is 0.886. The van der Waals surface area contributed by atoms with E-state index in [1.54, 1.807) is 37.3 Å². The Bertz CT molecular complexity index is 667. The molecule has 1 amide bonds. The maximum atomic E-state index is 12.4. The lowest BCUT2D eigenvalue weighted by molar-refractivity contribution is 0.102. The van der Waals surface area contributed by atoms with Crippen LogP contribution in [0.3, 0.4) is 0 Å². The van der Waals surface area contributed by atoms with E-state index in [4.69, 9.17) is 9.47 Å². The summed E-state index contributed by atoms with van der Waals surface area (Å²) in [6.45, 7) is 1.80. The monoisotopic (exact) mass is 287 g/mol. The van der Waals surface area contributed by atoms with Gasteiger partial charge in [0.25, 0.3) is 5.91 Å². The number of rotatable bonds is 4. The zero-order valence-corrected chi connectivity index (χ0v) is 12.1. The van der Waals surface area contributed by atoms with Crippen molar-refractivity contribution >= 4 is 11.6 Å². The van der Waals surface area contributed by atoms with Gasteiger partial charge in [-0.15, -0.1) is 0 Å². The highest BCUT2D eigenvalue weighted by atomic mass is 16.5. The SMILES string of the molecule is COc1ccc(OC)c(C(=O)Nc2ccc(O)cc2C)c1. The van der Waals surface area contributed by atoms with Gasteiger partial charge in [-0.3, -0.25) is 4.79 Å². The molecule has 0 saturated carbocycles. The number of aryl methyl sites for hydroxylation is 1. The number of ether oxygens (including phenoxy) is 2. The van der Waals surface area contributed by atoms with E-state index in [1.807, 2.05) is 0 Å². The smallest absolute Gasteiger partial charge is 0.259 e. The van der Waals surface area contributed by atoms with Gasteiger partial charge in [-0.1, -0.05) is 0 Å². The third-order valence-corrected chi connectivity index (χ3v) is 3.11. The Morgan fingerprint density at radius 3 is 2.48 bits per heavy atom. The van der Waals surface area contributed by atoms with Crippen LogP contribution in [0.25, 0.3) is 0 Å². The van der Waals surface area contributed by atoms with Crippen LogP contribution in [0, 0.1) is 6.92 Å². The number of anilines is 1. The molecule has 0 bridgehead atoms. The molecule has 0 saturated heterocycles. The maximum Gasteiger partial charge on any atom is 0.259 e. The Kier molecular flexibility index (Phi) is 4.33. The molecule has 21 heavy (non-hydrogen) atoms. The molecule has 0 spiro atoms. The van der Waals surface area contributed by atoms with Crippen LogP contribution in [0.1, 0.15) is 15.9 Å². The van der Waals surface area contributed by atoms with Crippen LogP contribution in [0.2, 0.25) is 0 Å². The summed E-state index contributed by atoms with van der Waals surface area (Å²) >= 11 is 0. The van der Waals surface area contributed by atoms with Crippen molar-refractivity contribution in [3.8, 4) is 17.2 Å². The second-order valence-corrected chi connectivity index (χ2v) is 4.52. The van der Waals surface area contributed by atoms with Gasteiger partial charge in [0.15, 0.2) is 0 Å². The fourth-order valence-electron chi connectivity index (χ4n) is 1.97. The van der Waals surface area contributed by atoms with Crippen LogP contribution in [-0.2, 0) is 0 Å². The lowest BCUT2D eigenvalue weighted by Gasteiger charge is -2.12. The van der Waals surface area contributed by atoms with E-state index in [2.05, 4.69) is 5.32 Å². The Balaban J connectivity index is 2.31. The predicted molar refractivity (Wildman–Crippen MR) is 80.3 cm³/mol. The minimum Gasteiger partial charge on any atom is -0.508 e. The van der Waals surface area contributed by atoms with Gasteiger partial charge in [-0.05, 0) is 48.9 Å². The average Bonchev–Trinajstić information content (AvgIpc) is 2.49. The molecule has 5 nitrogen and oxygen atoms in total. The normalized spacial score (nSPS) is 10.0. The third-order valence-electron chi connectivity index (χ3n) is 3.11. The molecule has 2 N–H and O–H groups in total. The number of nitrogens with one attached hydrogen (secondary N) is 1. The molecule has 0 aliphatic carbocycles. The van der Waals surface area contributed by atoms with Crippen molar-refractivity contribution in [3.05, 3.63) is 47.5 Å². The molecule has 0 aromatic heterocycles. The van der Waals surface area contributed by atoms with Gasteiger partial charge in [-0.25, -0.2) is 0 Å². The minimum absolute atomic E-state index is 0.157. The summed E-state index contributed by atoms with van der Waals surface area (Å²) in [4.78, 5) is 12.4. The van der Waals surface area contributed by atoms with Gasteiger partial charge in [0.2, 0.25) is 0 Å². The molecule has 0 radical (unpaired) electrons. The van der Waals surface area contributed by atoms with E-state index >= 15 is 0 Å². The second-order valence-electron chi connectivity index (χ2n) is 4.52. The summed E-state index contributed by atoms with van der Waals surface area (Å²) in [7, 11) is 3.04. The molecule has 2 rings (SSSR count). The largest absolute Gasteiger partial charge is 0.508 e. The van der Waals surface area contributed by atoms with Gasteiger partial charge in [0.1, 0.15) is 17.2 Å². The number of phenols is 1. The molecule has 0 unspecified atom stereocenters. The van der Waals surface area contributed by atoms with E-state index in [9.17, 15) is 9.90 Å². The Hall–Kier alpha value is -2.69. The number of benzene rings is 2. The highest BCUT2D eigenvalue weighted by molar-refractivity contribution is 6.06. The first-order valence-electron chi connectivity index (χ1n) is 6.38. The zero-order valence-electron chi connectivity index (χ0n) is 12.1. The van der Waals surface area contributed by atoms with Crippen molar-refractivity contribution in [1.29, 1.82) is 0 Å².